The van der Waals surface area contributed by atoms with Crippen molar-refractivity contribution in [2.75, 3.05) is 0 Å². The summed E-state index contributed by atoms with van der Waals surface area (Å²) in [5.41, 5.74) is 3.02. The van der Waals surface area contributed by atoms with Crippen molar-refractivity contribution in [1.29, 1.82) is 0 Å². The van der Waals surface area contributed by atoms with Crippen molar-refractivity contribution in [3.8, 4) is 11.5 Å². The van der Waals surface area contributed by atoms with E-state index in [-0.39, 0.29) is 0 Å². The van der Waals surface area contributed by atoms with Crippen molar-refractivity contribution < 1.29 is 9.84 Å². The van der Waals surface area contributed by atoms with Gasteiger partial charge in [-0.15, -0.1) is 0 Å². The first-order chi connectivity index (χ1) is 10.0. The van der Waals surface area contributed by atoms with Crippen LogP contribution in [0.4, 0.5) is 0 Å². The summed E-state index contributed by atoms with van der Waals surface area (Å²) in [5.74, 6) is 1.96. The molecule has 1 aromatic heterocycles. The topological polar surface area (TPSA) is 42.4 Å². The van der Waals surface area contributed by atoms with Crippen LogP contribution in [-0.2, 0) is 0 Å². The average molecular weight is 285 g/mol. The lowest BCUT2D eigenvalue weighted by atomic mass is 10.0. The van der Waals surface area contributed by atoms with Gasteiger partial charge in [0.15, 0.2) is 0 Å². The van der Waals surface area contributed by atoms with Crippen molar-refractivity contribution in [1.82, 2.24) is 4.98 Å². The average Bonchev–Trinajstić information content (AvgIpc) is 2.47. The molecule has 1 aromatic carbocycles. The highest BCUT2D eigenvalue weighted by atomic mass is 16.5. The Bertz CT molecular complexity index is 591. The first-order valence-electron chi connectivity index (χ1n) is 7.43. The molecule has 0 aliphatic carbocycles. The summed E-state index contributed by atoms with van der Waals surface area (Å²) in [6.45, 7) is 8.28. The Balaban J connectivity index is 2.24. The van der Waals surface area contributed by atoms with Gasteiger partial charge in [-0.25, -0.2) is 0 Å². The highest BCUT2D eigenvalue weighted by Crippen LogP contribution is 2.31. The third kappa shape index (κ3) is 3.82. The molecule has 0 radical (unpaired) electrons. The molecule has 0 spiro atoms. The van der Waals surface area contributed by atoms with E-state index in [1.165, 1.54) is 11.1 Å². The van der Waals surface area contributed by atoms with Crippen LogP contribution in [0.2, 0.25) is 0 Å². The number of aryl methyl sites for hydroxylation is 1. The molecule has 112 valence electrons. The predicted molar refractivity (Wildman–Crippen MR) is 84.8 cm³/mol. The second-order valence-electron chi connectivity index (χ2n) is 5.64. The van der Waals surface area contributed by atoms with E-state index in [4.69, 9.17) is 4.74 Å². The van der Waals surface area contributed by atoms with E-state index in [1.54, 1.807) is 6.20 Å². The summed E-state index contributed by atoms with van der Waals surface area (Å²) in [5, 5.41) is 9.76. The second-order valence-corrected chi connectivity index (χ2v) is 5.64. The number of aliphatic hydroxyl groups is 1. The van der Waals surface area contributed by atoms with Gasteiger partial charge < -0.3 is 9.84 Å². The number of pyridine rings is 1. The quantitative estimate of drug-likeness (QED) is 0.862. The first-order valence-corrected chi connectivity index (χ1v) is 7.43. The zero-order valence-corrected chi connectivity index (χ0v) is 13.1. The fourth-order valence-electron chi connectivity index (χ4n) is 2.19. The largest absolute Gasteiger partial charge is 0.455 e. The summed E-state index contributed by atoms with van der Waals surface area (Å²) in [6.07, 6.45) is 1.81. The van der Waals surface area contributed by atoms with E-state index >= 15 is 0 Å². The molecule has 0 bridgehead atoms. The Morgan fingerprint density at radius 1 is 1.19 bits per heavy atom. The monoisotopic (exact) mass is 285 g/mol. The number of aromatic nitrogens is 1. The van der Waals surface area contributed by atoms with Gasteiger partial charge >= 0.3 is 0 Å². The molecule has 2 rings (SSSR count). The number of rotatable bonds is 5. The molecule has 0 aliphatic heterocycles. The maximum atomic E-state index is 9.76. The fraction of sp³-hybridized carbons (Fsp3) is 0.389. The lowest BCUT2D eigenvalue weighted by Crippen LogP contribution is -1.99. The maximum Gasteiger partial charge on any atom is 0.145 e. The van der Waals surface area contributed by atoms with Gasteiger partial charge in [0.05, 0.1) is 18.0 Å². The molecular weight excluding hydrogens is 262 g/mol. The summed E-state index contributed by atoms with van der Waals surface area (Å²) < 4.78 is 5.98. The molecule has 2 aromatic rings. The molecule has 0 unspecified atom stereocenters. The molecule has 0 saturated heterocycles. The molecule has 0 fully saturated rings. The Hall–Kier alpha value is -1.87. The van der Waals surface area contributed by atoms with Crippen molar-refractivity contribution in [3.63, 3.8) is 0 Å². The number of nitrogens with zero attached hydrogens (tertiary/aromatic N) is 1. The molecular formula is C18H23NO2. The van der Waals surface area contributed by atoms with E-state index in [0.717, 1.165) is 5.75 Å². The second kappa shape index (κ2) is 6.72. The normalized spacial score (nSPS) is 12.5. The van der Waals surface area contributed by atoms with Crippen LogP contribution in [0.3, 0.4) is 0 Å². The van der Waals surface area contributed by atoms with Crippen LogP contribution in [0.25, 0.3) is 0 Å². The molecule has 1 atom stereocenters. The molecule has 1 heterocycles. The van der Waals surface area contributed by atoms with E-state index in [1.807, 2.05) is 25.1 Å². The first kappa shape index (κ1) is 15.5. The Morgan fingerprint density at radius 3 is 2.52 bits per heavy atom. The van der Waals surface area contributed by atoms with E-state index in [2.05, 4.69) is 37.9 Å². The SMILES string of the molecule is CC[C@H](O)c1ccc(Oc2cc(C)ccc2C(C)C)cn1. The van der Waals surface area contributed by atoms with Crippen LogP contribution >= 0.6 is 0 Å². The molecule has 0 aliphatic rings. The Kier molecular flexibility index (Phi) is 4.97. The minimum Gasteiger partial charge on any atom is -0.455 e. The molecule has 3 nitrogen and oxygen atoms in total. The number of benzene rings is 1. The van der Waals surface area contributed by atoms with Crippen LogP contribution < -0.4 is 4.74 Å². The molecule has 0 saturated carbocycles. The van der Waals surface area contributed by atoms with Crippen LogP contribution in [0, 0.1) is 6.92 Å². The molecule has 1 N–H and O–H groups in total. The van der Waals surface area contributed by atoms with Gasteiger partial charge in [-0.2, -0.15) is 0 Å². The van der Waals surface area contributed by atoms with Gasteiger partial charge in [0.2, 0.25) is 0 Å². The highest BCUT2D eigenvalue weighted by Gasteiger charge is 2.10. The summed E-state index contributed by atoms with van der Waals surface area (Å²) in [4.78, 5) is 4.27. The molecule has 0 amide bonds. The minimum atomic E-state index is -0.510. The van der Waals surface area contributed by atoms with E-state index < -0.39 is 6.10 Å². The van der Waals surface area contributed by atoms with E-state index in [0.29, 0.717) is 23.8 Å². The summed E-state index contributed by atoms with van der Waals surface area (Å²) in [7, 11) is 0. The fourth-order valence-corrected chi connectivity index (χ4v) is 2.19. The smallest absolute Gasteiger partial charge is 0.145 e. The Labute approximate surface area is 126 Å². The maximum absolute atomic E-state index is 9.76. The third-order valence-corrected chi connectivity index (χ3v) is 3.51. The van der Waals surface area contributed by atoms with Crippen LogP contribution in [0.15, 0.2) is 36.5 Å². The van der Waals surface area contributed by atoms with Gasteiger partial charge in [-0.05, 0) is 48.6 Å². The summed E-state index contributed by atoms with van der Waals surface area (Å²) in [6, 6.07) is 9.92. The molecule has 21 heavy (non-hydrogen) atoms. The van der Waals surface area contributed by atoms with Crippen molar-refractivity contribution in [2.24, 2.45) is 0 Å². The third-order valence-electron chi connectivity index (χ3n) is 3.51. The Morgan fingerprint density at radius 2 is 1.95 bits per heavy atom. The van der Waals surface area contributed by atoms with Gasteiger partial charge in [0.25, 0.3) is 0 Å². The van der Waals surface area contributed by atoms with Crippen LogP contribution in [0.5, 0.6) is 11.5 Å². The zero-order chi connectivity index (χ0) is 15.4. The van der Waals surface area contributed by atoms with Gasteiger partial charge in [0.1, 0.15) is 11.5 Å². The highest BCUT2D eigenvalue weighted by molar-refractivity contribution is 5.41. The predicted octanol–water partition coefficient (Wildman–Crippen LogP) is 4.75. The van der Waals surface area contributed by atoms with Gasteiger partial charge in [-0.1, -0.05) is 32.9 Å². The lowest BCUT2D eigenvalue weighted by molar-refractivity contribution is 0.169. The van der Waals surface area contributed by atoms with Crippen molar-refractivity contribution >= 4 is 0 Å². The van der Waals surface area contributed by atoms with Crippen LogP contribution in [0.1, 0.15) is 56.0 Å². The number of ether oxygens (including phenoxy) is 1. The summed E-state index contributed by atoms with van der Waals surface area (Å²) >= 11 is 0. The standard InChI is InChI=1S/C18H23NO2/c1-5-17(20)16-9-7-14(11-19-16)21-18-10-13(4)6-8-15(18)12(2)3/h6-12,17,20H,5H2,1-4H3/t17-/m0/s1. The number of hydrogen-bond acceptors (Lipinski definition) is 3. The van der Waals surface area contributed by atoms with Gasteiger partial charge in [-0.3, -0.25) is 4.98 Å². The van der Waals surface area contributed by atoms with Gasteiger partial charge in [0, 0.05) is 0 Å². The van der Waals surface area contributed by atoms with E-state index in [9.17, 15) is 5.11 Å². The van der Waals surface area contributed by atoms with Crippen molar-refractivity contribution in [3.05, 3.63) is 53.3 Å². The number of aliphatic hydroxyl groups excluding tert-OH is 1. The molecule has 3 heteroatoms. The number of hydrogen-bond donors (Lipinski definition) is 1. The zero-order valence-electron chi connectivity index (χ0n) is 13.1. The minimum absolute atomic E-state index is 0.398. The van der Waals surface area contributed by atoms with Crippen molar-refractivity contribution in [2.45, 2.75) is 46.1 Å². The lowest BCUT2D eigenvalue weighted by Gasteiger charge is -2.15. The van der Waals surface area contributed by atoms with Crippen LogP contribution in [-0.4, -0.2) is 10.1 Å².